The second kappa shape index (κ2) is 6.31. The topological polar surface area (TPSA) is 64.0 Å². The molecule has 1 atom stereocenters. The highest BCUT2D eigenvalue weighted by Crippen LogP contribution is 2.31. The van der Waals surface area contributed by atoms with E-state index >= 15 is 0 Å². The molecular formula is C18H19N3O3. The Labute approximate surface area is 140 Å². The van der Waals surface area contributed by atoms with Crippen LogP contribution in [0.4, 0.5) is 0 Å². The van der Waals surface area contributed by atoms with Gasteiger partial charge < -0.3 is 9.47 Å². The van der Waals surface area contributed by atoms with Crippen LogP contribution in [0.5, 0.6) is 5.75 Å². The van der Waals surface area contributed by atoms with Crippen molar-refractivity contribution in [1.29, 1.82) is 0 Å². The minimum atomic E-state index is -0.876. The maximum atomic E-state index is 12.0. The Morgan fingerprint density at radius 2 is 1.88 bits per heavy atom. The Morgan fingerprint density at radius 1 is 1.21 bits per heavy atom. The summed E-state index contributed by atoms with van der Waals surface area (Å²) < 4.78 is 11.2. The molecule has 1 aliphatic heterocycles. The normalized spacial score (nSPS) is 19.6. The summed E-state index contributed by atoms with van der Waals surface area (Å²) in [5, 5.41) is 5.76. The summed E-state index contributed by atoms with van der Waals surface area (Å²) in [5.41, 5.74) is 0.935. The number of hydrogen-bond donors (Lipinski definition) is 0. The van der Waals surface area contributed by atoms with Gasteiger partial charge in [0.1, 0.15) is 5.75 Å². The number of benzene rings is 1. The third kappa shape index (κ3) is 3.08. The molecule has 0 N–H and O–H groups in total. The van der Waals surface area contributed by atoms with Crippen molar-refractivity contribution in [1.82, 2.24) is 9.99 Å². The fraction of sp³-hybridized carbons (Fsp3) is 0.278. The minimum Gasteiger partial charge on any atom is -0.497 e. The van der Waals surface area contributed by atoms with Gasteiger partial charge in [0, 0.05) is 31.3 Å². The Kier molecular flexibility index (Phi) is 4.20. The Balaban J connectivity index is 1.86. The highest BCUT2D eigenvalue weighted by Gasteiger charge is 2.43. The molecule has 0 radical (unpaired) electrons. The molecule has 24 heavy (non-hydrogen) atoms. The molecule has 0 spiro atoms. The van der Waals surface area contributed by atoms with Gasteiger partial charge in [-0.25, -0.2) is 0 Å². The lowest BCUT2D eigenvalue weighted by molar-refractivity contribution is -0.144. The second-order valence-corrected chi connectivity index (χ2v) is 5.77. The van der Waals surface area contributed by atoms with Gasteiger partial charge in [-0.15, -0.1) is 5.10 Å². The highest BCUT2D eigenvalue weighted by molar-refractivity contribution is 5.96. The SMILES string of the molecule is COc1ccc(C[C@@]2(C)OC(c3ccncc3)=NN2C(C)=O)cc1. The summed E-state index contributed by atoms with van der Waals surface area (Å²) in [7, 11) is 1.63. The zero-order valence-electron chi connectivity index (χ0n) is 13.9. The highest BCUT2D eigenvalue weighted by atomic mass is 16.6. The van der Waals surface area contributed by atoms with Gasteiger partial charge in [0.05, 0.1) is 7.11 Å². The monoisotopic (exact) mass is 325 g/mol. The van der Waals surface area contributed by atoms with Crippen molar-refractivity contribution in [3.05, 3.63) is 59.9 Å². The van der Waals surface area contributed by atoms with Crippen molar-refractivity contribution in [3.8, 4) is 5.75 Å². The van der Waals surface area contributed by atoms with Crippen molar-refractivity contribution in [2.24, 2.45) is 5.10 Å². The molecule has 0 saturated carbocycles. The molecule has 0 saturated heterocycles. The van der Waals surface area contributed by atoms with Crippen LogP contribution in [0.3, 0.4) is 0 Å². The van der Waals surface area contributed by atoms with Crippen LogP contribution in [0.2, 0.25) is 0 Å². The molecule has 1 aromatic carbocycles. The minimum absolute atomic E-state index is 0.171. The second-order valence-electron chi connectivity index (χ2n) is 5.77. The van der Waals surface area contributed by atoms with Crippen LogP contribution < -0.4 is 4.74 Å². The maximum Gasteiger partial charge on any atom is 0.243 e. The molecular weight excluding hydrogens is 306 g/mol. The number of methoxy groups -OCH3 is 1. The summed E-state index contributed by atoms with van der Waals surface area (Å²) in [4.78, 5) is 16.0. The molecule has 6 nitrogen and oxygen atoms in total. The number of hydrogen-bond acceptors (Lipinski definition) is 5. The standard InChI is InChI=1S/C18H19N3O3/c1-13(22)21-18(2,12-14-4-6-16(23-3)7-5-14)24-17(20-21)15-8-10-19-11-9-15/h4-11H,12H2,1-3H3/t18-/m1/s1. The molecule has 0 bridgehead atoms. The van der Waals surface area contributed by atoms with E-state index in [4.69, 9.17) is 9.47 Å². The maximum absolute atomic E-state index is 12.0. The van der Waals surface area contributed by atoms with E-state index in [9.17, 15) is 4.79 Å². The van der Waals surface area contributed by atoms with Gasteiger partial charge >= 0.3 is 0 Å². The first-order valence-corrected chi connectivity index (χ1v) is 7.63. The number of aromatic nitrogens is 1. The molecule has 3 rings (SSSR count). The van der Waals surface area contributed by atoms with Crippen LogP contribution >= 0.6 is 0 Å². The molecule has 1 aromatic heterocycles. The average molecular weight is 325 g/mol. The summed E-state index contributed by atoms with van der Waals surface area (Å²) in [5.74, 6) is 1.03. The van der Waals surface area contributed by atoms with E-state index in [0.29, 0.717) is 12.3 Å². The van der Waals surface area contributed by atoms with Gasteiger partial charge in [0.15, 0.2) is 0 Å². The van der Waals surface area contributed by atoms with E-state index in [1.54, 1.807) is 31.6 Å². The van der Waals surface area contributed by atoms with Crippen molar-refractivity contribution < 1.29 is 14.3 Å². The number of carbonyl (C=O) groups is 1. The molecule has 6 heteroatoms. The summed E-state index contributed by atoms with van der Waals surface area (Å²) in [6.07, 6.45) is 3.84. The Bertz CT molecular complexity index is 759. The van der Waals surface area contributed by atoms with E-state index in [2.05, 4.69) is 10.1 Å². The molecule has 2 heterocycles. The zero-order valence-corrected chi connectivity index (χ0v) is 13.9. The van der Waals surface area contributed by atoms with Crippen molar-refractivity contribution in [2.45, 2.75) is 26.0 Å². The predicted octanol–water partition coefficient (Wildman–Crippen LogP) is 2.59. The van der Waals surface area contributed by atoms with E-state index in [-0.39, 0.29) is 5.91 Å². The number of amides is 1. The largest absolute Gasteiger partial charge is 0.497 e. The molecule has 0 aliphatic carbocycles. The summed E-state index contributed by atoms with van der Waals surface area (Å²) in [6, 6.07) is 11.3. The average Bonchev–Trinajstić information content (AvgIpc) is 2.94. The molecule has 1 amide bonds. The molecule has 1 aliphatic rings. The lowest BCUT2D eigenvalue weighted by Gasteiger charge is -2.30. The quantitative estimate of drug-likeness (QED) is 0.867. The third-order valence-electron chi connectivity index (χ3n) is 3.87. The molecule has 0 fully saturated rings. The summed E-state index contributed by atoms with van der Waals surface area (Å²) in [6.45, 7) is 3.34. The van der Waals surface area contributed by atoms with Gasteiger partial charge in [-0.05, 0) is 36.8 Å². The number of nitrogens with zero attached hydrogens (tertiary/aromatic N) is 3. The van der Waals surface area contributed by atoms with Crippen LogP contribution in [-0.2, 0) is 16.0 Å². The van der Waals surface area contributed by atoms with Crippen LogP contribution in [-0.4, -0.2) is 34.6 Å². The Morgan fingerprint density at radius 3 is 2.46 bits per heavy atom. The van der Waals surface area contributed by atoms with Gasteiger partial charge in [0.25, 0.3) is 0 Å². The number of rotatable bonds is 4. The summed E-state index contributed by atoms with van der Waals surface area (Å²) >= 11 is 0. The number of carbonyl (C=O) groups excluding carboxylic acids is 1. The lowest BCUT2D eigenvalue weighted by Crippen LogP contribution is -2.45. The van der Waals surface area contributed by atoms with Crippen LogP contribution in [0, 0.1) is 0 Å². The lowest BCUT2D eigenvalue weighted by atomic mass is 10.0. The van der Waals surface area contributed by atoms with Crippen LogP contribution in [0.1, 0.15) is 25.0 Å². The molecule has 124 valence electrons. The van der Waals surface area contributed by atoms with Gasteiger partial charge in [-0.3, -0.25) is 9.78 Å². The first-order valence-electron chi connectivity index (χ1n) is 7.63. The first-order chi connectivity index (χ1) is 11.5. The first kappa shape index (κ1) is 16.0. The fourth-order valence-electron chi connectivity index (χ4n) is 2.72. The van der Waals surface area contributed by atoms with Gasteiger partial charge in [-0.2, -0.15) is 5.01 Å². The predicted molar refractivity (Wildman–Crippen MR) is 89.5 cm³/mol. The van der Waals surface area contributed by atoms with E-state index < -0.39 is 5.72 Å². The Hall–Kier alpha value is -2.89. The van der Waals surface area contributed by atoms with Crippen molar-refractivity contribution >= 4 is 11.8 Å². The van der Waals surface area contributed by atoms with E-state index in [1.807, 2.05) is 31.2 Å². The number of hydrazone groups is 1. The van der Waals surface area contributed by atoms with Gasteiger partial charge in [-0.1, -0.05) is 12.1 Å². The van der Waals surface area contributed by atoms with Crippen LogP contribution in [0.15, 0.2) is 53.9 Å². The molecule has 2 aromatic rings. The fourth-order valence-corrected chi connectivity index (χ4v) is 2.72. The zero-order chi connectivity index (χ0) is 17.2. The van der Waals surface area contributed by atoms with E-state index in [0.717, 1.165) is 16.9 Å². The molecule has 0 unspecified atom stereocenters. The smallest absolute Gasteiger partial charge is 0.243 e. The number of pyridine rings is 1. The third-order valence-corrected chi connectivity index (χ3v) is 3.87. The van der Waals surface area contributed by atoms with E-state index in [1.165, 1.54) is 11.9 Å². The number of ether oxygens (including phenoxy) is 2. The van der Waals surface area contributed by atoms with Crippen LogP contribution in [0.25, 0.3) is 0 Å². The van der Waals surface area contributed by atoms with Crippen molar-refractivity contribution in [2.75, 3.05) is 7.11 Å². The van der Waals surface area contributed by atoms with Crippen molar-refractivity contribution in [3.63, 3.8) is 0 Å². The van der Waals surface area contributed by atoms with Gasteiger partial charge in [0.2, 0.25) is 17.5 Å².